The number of aromatic nitrogens is 5. The van der Waals surface area contributed by atoms with E-state index in [1.807, 2.05) is 19.1 Å². The summed E-state index contributed by atoms with van der Waals surface area (Å²) in [5.41, 5.74) is 4.00. The number of nitrogens with one attached hydrogen (secondary N) is 2. The van der Waals surface area contributed by atoms with Crippen molar-refractivity contribution in [2.45, 2.75) is 27.0 Å². The van der Waals surface area contributed by atoms with Crippen molar-refractivity contribution in [2.75, 3.05) is 5.32 Å². The van der Waals surface area contributed by atoms with Crippen LogP contribution in [0, 0.1) is 19.7 Å². The monoisotopic (exact) mass is 534 g/mol. The largest absolute Gasteiger partial charge is 0.482 e. The Labute approximate surface area is 221 Å². The first kappa shape index (κ1) is 25.2. The van der Waals surface area contributed by atoms with Gasteiger partial charge in [0.15, 0.2) is 17.4 Å². The van der Waals surface area contributed by atoms with Gasteiger partial charge in [-0.2, -0.15) is 5.10 Å². The van der Waals surface area contributed by atoms with Gasteiger partial charge >= 0.3 is 5.69 Å². The molecule has 0 unspecified atom stereocenters. The number of ether oxygens (including phenoxy) is 1. The first-order valence-electron chi connectivity index (χ1n) is 11.7. The third-order valence-corrected chi connectivity index (χ3v) is 6.38. The lowest BCUT2D eigenvalue weighted by atomic mass is 9.99. The number of carbonyl (C=O) groups excluding carboxylic acids is 1. The lowest BCUT2D eigenvalue weighted by Gasteiger charge is -2.13. The predicted octanol–water partition coefficient (Wildman–Crippen LogP) is 4.75. The zero-order chi connectivity index (χ0) is 27.0. The van der Waals surface area contributed by atoms with Crippen LogP contribution >= 0.6 is 11.6 Å². The van der Waals surface area contributed by atoms with Gasteiger partial charge in [0.1, 0.15) is 19.5 Å². The van der Waals surface area contributed by atoms with Gasteiger partial charge in [0, 0.05) is 23.3 Å². The summed E-state index contributed by atoms with van der Waals surface area (Å²) in [6.07, 6.45) is 1.35. The van der Waals surface area contributed by atoms with Crippen molar-refractivity contribution in [2.24, 2.45) is 7.05 Å². The van der Waals surface area contributed by atoms with Crippen LogP contribution in [0.15, 0.2) is 59.7 Å². The number of imidazole rings is 1. The van der Waals surface area contributed by atoms with Gasteiger partial charge in [-0.3, -0.25) is 19.0 Å². The van der Waals surface area contributed by atoms with Gasteiger partial charge < -0.3 is 10.1 Å². The van der Waals surface area contributed by atoms with Crippen molar-refractivity contribution < 1.29 is 13.9 Å². The van der Waals surface area contributed by atoms with E-state index in [4.69, 9.17) is 16.3 Å². The van der Waals surface area contributed by atoms with E-state index >= 15 is 4.39 Å². The average Bonchev–Trinajstić information content (AvgIpc) is 3.46. The molecule has 2 heterocycles. The number of nitrogens with zero attached hydrogens (tertiary/aromatic N) is 4. The highest BCUT2D eigenvalue weighted by molar-refractivity contribution is 6.30. The van der Waals surface area contributed by atoms with Crippen LogP contribution in [-0.2, 0) is 25.0 Å². The maximum absolute atomic E-state index is 15.2. The van der Waals surface area contributed by atoms with Crippen LogP contribution in [-0.4, -0.2) is 30.2 Å². The number of hydrogen-bond donors (Lipinski definition) is 2. The van der Waals surface area contributed by atoms with E-state index in [1.54, 1.807) is 44.3 Å². The van der Waals surface area contributed by atoms with Gasteiger partial charge in [0.2, 0.25) is 5.91 Å². The molecule has 3 aromatic carbocycles. The lowest BCUT2D eigenvalue weighted by Crippen LogP contribution is -2.28. The molecular formula is C27H24ClFN6O3. The lowest BCUT2D eigenvalue weighted by molar-refractivity contribution is -0.116. The Morgan fingerprint density at radius 1 is 1.18 bits per heavy atom. The first-order chi connectivity index (χ1) is 18.2. The molecule has 5 rings (SSSR count). The van der Waals surface area contributed by atoms with E-state index < -0.39 is 5.82 Å². The minimum absolute atomic E-state index is 0.0421. The van der Waals surface area contributed by atoms with Gasteiger partial charge in [-0.1, -0.05) is 17.7 Å². The Morgan fingerprint density at radius 3 is 2.71 bits per heavy atom. The van der Waals surface area contributed by atoms with E-state index in [0.717, 1.165) is 5.56 Å². The third kappa shape index (κ3) is 4.90. The molecule has 0 radical (unpaired) electrons. The number of hydrogen-bond acceptors (Lipinski definition) is 5. The van der Waals surface area contributed by atoms with Gasteiger partial charge in [0.25, 0.3) is 0 Å². The molecule has 194 valence electrons. The second-order valence-electron chi connectivity index (χ2n) is 8.99. The summed E-state index contributed by atoms with van der Waals surface area (Å²) in [6, 6.07) is 13.7. The van der Waals surface area contributed by atoms with Crippen LogP contribution in [0.5, 0.6) is 5.75 Å². The summed E-state index contributed by atoms with van der Waals surface area (Å²) < 4.78 is 23.7. The van der Waals surface area contributed by atoms with Crippen LogP contribution in [0.2, 0.25) is 5.02 Å². The second-order valence-corrected chi connectivity index (χ2v) is 9.43. The Kier molecular flexibility index (Phi) is 6.73. The Balaban J connectivity index is 1.51. The zero-order valence-corrected chi connectivity index (χ0v) is 21.6. The fourth-order valence-corrected chi connectivity index (χ4v) is 4.68. The second kappa shape index (κ2) is 10.1. The number of H-pyrrole nitrogens is 1. The summed E-state index contributed by atoms with van der Waals surface area (Å²) in [6.45, 7) is 3.47. The third-order valence-electron chi connectivity index (χ3n) is 6.15. The highest BCUT2D eigenvalue weighted by atomic mass is 35.5. The number of halogens is 2. The van der Waals surface area contributed by atoms with Crippen molar-refractivity contribution in [3.63, 3.8) is 0 Å². The summed E-state index contributed by atoms with van der Waals surface area (Å²) in [5, 5.41) is 9.69. The minimum atomic E-state index is -0.542. The normalized spacial score (nSPS) is 11.2. The van der Waals surface area contributed by atoms with Crippen LogP contribution in [0.3, 0.4) is 0 Å². The number of fused-ring (bicyclic) bond motifs is 1. The van der Waals surface area contributed by atoms with Gasteiger partial charge in [-0.25, -0.2) is 14.2 Å². The molecule has 0 atom stereocenters. The SMILES string of the molecule is Cc1cc(-c2cc(C)c(OCc3ncn[nH]3)c(F)c2)c2c(c1)n(CC(=O)Nc1cccc(Cl)c1)c(=O)n2C. The molecule has 0 spiro atoms. The maximum atomic E-state index is 15.2. The fourth-order valence-electron chi connectivity index (χ4n) is 4.49. The van der Waals surface area contributed by atoms with Crippen LogP contribution in [0.25, 0.3) is 22.2 Å². The van der Waals surface area contributed by atoms with Crippen molar-refractivity contribution in [1.29, 1.82) is 0 Å². The van der Waals surface area contributed by atoms with Gasteiger partial charge in [-0.15, -0.1) is 0 Å². The zero-order valence-electron chi connectivity index (χ0n) is 20.9. The summed E-state index contributed by atoms with van der Waals surface area (Å²) in [7, 11) is 1.63. The smallest absolute Gasteiger partial charge is 0.329 e. The number of rotatable bonds is 7. The van der Waals surface area contributed by atoms with Crippen LogP contribution in [0.1, 0.15) is 17.0 Å². The summed E-state index contributed by atoms with van der Waals surface area (Å²) in [5.74, 6) is -0.332. The standard InChI is InChI=1S/C27H24ClFN6O3/c1-15-7-20(17-9-16(2)26(21(29)10-17)38-13-23-30-14-31-33-23)25-22(8-15)35(27(37)34(25)3)12-24(36)32-19-6-4-5-18(28)11-19/h4-11,14H,12-13H2,1-3H3,(H,32,36)(H,30,31,33). The summed E-state index contributed by atoms with van der Waals surface area (Å²) >= 11 is 6.01. The molecule has 0 saturated carbocycles. The molecule has 5 aromatic rings. The molecule has 38 heavy (non-hydrogen) atoms. The fraction of sp³-hybridized carbons (Fsp3) is 0.185. The highest BCUT2D eigenvalue weighted by Crippen LogP contribution is 2.34. The van der Waals surface area contributed by atoms with Crippen LogP contribution in [0.4, 0.5) is 10.1 Å². The molecular weight excluding hydrogens is 511 g/mol. The molecule has 0 saturated heterocycles. The number of amides is 1. The van der Waals surface area contributed by atoms with E-state index in [1.165, 1.54) is 21.5 Å². The first-order valence-corrected chi connectivity index (χ1v) is 12.1. The minimum Gasteiger partial charge on any atom is -0.482 e. The van der Waals surface area contributed by atoms with E-state index in [0.29, 0.717) is 44.3 Å². The molecule has 0 fully saturated rings. The topological polar surface area (TPSA) is 107 Å². The number of carbonyl (C=O) groups is 1. The molecule has 9 nitrogen and oxygen atoms in total. The molecule has 2 N–H and O–H groups in total. The number of anilines is 1. The summed E-state index contributed by atoms with van der Waals surface area (Å²) in [4.78, 5) is 30.0. The number of aryl methyl sites for hydroxylation is 3. The highest BCUT2D eigenvalue weighted by Gasteiger charge is 2.20. The molecule has 1 amide bonds. The Hall–Kier alpha value is -4.44. The molecule has 0 aliphatic carbocycles. The van der Waals surface area contributed by atoms with E-state index in [-0.39, 0.29) is 30.5 Å². The Morgan fingerprint density at radius 2 is 2.00 bits per heavy atom. The van der Waals surface area contributed by atoms with Crippen molar-refractivity contribution in [1.82, 2.24) is 24.3 Å². The van der Waals surface area contributed by atoms with Crippen molar-refractivity contribution >= 4 is 34.2 Å². The molecule has 0 aliphatic rings. The molecule has 0 aliphatic heterocycles. The van der Waals surface area contributed by atoms with Gasteiger partial charge in [-0.05, 0) is 73.0 Å². The number of benzene rings is 3. The quantitative estimate of drug-likeness (QED) is 0.313. The van der Waals surface area contributed by atoms with Crippen molar-refractivity contribution in [3.8, 4) is 16.9 Å². The molecule has 0 bridgehead atoms. The van der Waals surface area contributed by atoms with Gasteiger partial charge in [0.05, 0.1) is 11.0 Å². The Bertz CT molecular complexity index is 1700. The van der Waals surface area contributed by atoms with Crippen molar-refractivity contribution in [3.05, 3.63) is 93.1 Å². The predicted molar refractivity (Wildman–Crippen MR) is 143 cm³/mol. The molecule has 2 aromatic heterocycles. The van der Waals surface area contributed by atoms with Crippen LogP contribution < -0.4 is 15.7 Å². The van der Waals surface area contributed by atoms with E-state index in [2.05, 4.69) is 20.5 Å². The number of aromatic amines is 1. The maximum Gasteiger partial charge on any atom is 0.329 e. The average molecular weight is 535 g/mol. The van der Waals surface area contributed by atoms with E-state index in [9.17, 15) is 9.59 Å². The molecule has 11 heteroatoms.